The zero-order valence-electron chi connectivity index (χ0n) is 13.4. The number of aryl methyl sites for hydroxylation is 1. The topological polar surface area (TPSA) is 59.8 Å². The fourth-order valence-electron chi connectivity index (χ4n) is 2.41. The molecule has 1 amide bonds. The van der Waals surface area contributed by atoms with Gasteiger partial charge in [0, 0.05) is 30.0 Å². The monoisotopic (exact) mass is 340 g/mol. The number of benzene rings is 1. The number of halogens is 1. The highest BCUT2D eigenvalue weighted by atomic mass is 35.5. The fourth-order valence-corrected chi connectivity index (χ4v) is 2.54. The molecule has 0 spiro atoms. The summed E-state index contributed by atoms with van der Waals surface area (Å²) in [5, 5.41) is 7.77. The van der Waals surface area contributed by atoms with E-state index in [-0.39, 0.29) is 11.9 Å². The van der Waals surface area contributed by atoms with Crippen molar-refractivity contribution in [3.63, 3.8) is 0 Å². The molecule has 6 heteroatoms. The van der Waals surface area contributed by atoms with Crippen molar-refractivity contribution in [2.24, 2.45) is 7.05 Å². The van der Waals surface area contributed by atoms with E-state index >= 15 is 0 Å². The van der Waals surface area contributed by atoms with Gasteiger partial charge in [0.2, 0.25) is 0 Å². The van der Waals surface area contributed by atoms with Gasteiger partial charge in [0.05, 0.1) is 12.2 Å². The van der Waals surface area contributed by atoms with Gasteiger partial charge in [-0.1, -0.05) is 23.7 Å². The standard InChI is InChI=1S/C18H17ClN4O/c1-12(13-3-5-16(19)6-4-13)22-18(24)17-9-14(7-8-20-17)15-10-21-23(2)11-15/h3-12H,1-2H3,(H,22,24). The average Bonchev–Trinajstić information content (AvgIpc) is 3.02. The van der Waals surface area contributed by atoms with E-state index in [0.717, 1.165) is 16.7 Å². The highest BCUT2D eigenvalue weighted by molar-refractivity contribution is 6.30. The van der Waals surface area contributed by atoms with Crippen LogP contribution in [0.15, 0.2) is 55.0 Å². The van der Waals surface area contributed by atoms with Gasteiger partial charge in [-0.05, 0) is 42.3 Å². The maximum atomic E-state index is 12.5. The molecule has 0 bridgehead atoms. The number of carbonyl (C=O) groups is 1. The smallest absolute Gasteiger partial charge is 0.270 e. The quantitative estimate of drug-likeness (QED) is 0.789. The highest BCUT2D eigenvalue weighted by Gasteiger charge is 2.13. The normalized spacial score (nSPS) is 12.0. The van der Waals surface area contributed by atoms with E-state index in [9.17, 15) is 4.79 Å². The Morgan fingerprint density at radius 3 is 2.62 bits per heavy atom. The van der Waals surface area contributed by atoms with E-state index in [0.29, 0.717) is 10.7 Å². The molecule has 3 aromatic rings. The van der Waals surface area contributed by atoms with E-state index < -0.39 is 0 Å². The van der Waals surface area contributed by atoms with Crippen molar-refractivity contribution in [1.29, 1.82) is 0 Å². The van der Waals surface area contributed by atoms with Gasteiger partial charge in [0.1, 0.15) is 5.69 Å². The second-order valence-corrected chi connectivity index (χ2v) is 6.02. The van der Waals surface area contributed by atoms with Crippen molar-refractivity contribution in [2.75, 3.05) is 0 Å². The molecule has 1 unspecified atom stereocenters. The van der Waals surface area contributed by atoms with Crippen LogP contribution in [0, 0.1) is 0 Å². The SMILES string of the molecule is CC(NC(=O)c1cc(-c2cnn(C)c2)ccn1)c1ccc(Cl)cc1. The number of hydrogen-bond acceptors (Lipinski definition) is 3. The van der Waals surface area contributed by atoms with Gasteiger partial charge < -0.3 is 5.32 Å². The summed E-state index contributed by atoms with van der Waals surface area (Å²) in [6.07, 6.45) is 5.28. The molecule has 122 valence electrons. The summed E-state index contributed by atoms with van der Waals surface area (Å²) in [7, 11) is 1.85. The van der Waals surface area contributed by atoms with Gasteiger partial charge in [-0.25, -0.2) is 0 Å². The molecule has 1 N–H and O–H groups in total. The maximum Gasteiger partial charge on any atom is 0.270 e. The summed E-state index contributed by atoms with van der Waals surface area (Å²) in [6, 6.07) is 10.9. The Balaban J connectivity index is 1.76. The van der Waals surface area contributed by atoms with Crippen LogP contribution in [0.25, 0.3) is 11.1 Å². The van der Waals surface area contributed by atoms with Crippen LogP contribution in [0.4, 0.5) is 0 Å². The Kier molecular flexibility index (Phi) is 4.62. The van der Waals surface area contributed by atoms with Crippen LogP contribution in [0.5, 0.6) is 0 Å². The molecule has 0 aliphatic rings. The van der Waals surface area contributed by atoms with Gasteiger partial charge in [0.15, 0.2) is 0 Å². The van der Waals surface area contributed by atoms with Crippen LogP contribution < -0.4 is 5.32 Å². The number of aromatic nitrogens is 3. The number of carbonyl (C=O) groups excluding carboxylic acids is 1. The second-order valence-electron chi connectivity index (χ2n) is 5.58. The Bertz CT molecular complexity index is 857. The zero-order chi connectivity index (χ0) is 17.1. The third-order valence-corrected chi connectivity index (χ3v) is 4.00. The lowest BCUT2D eigenvalue weighted by Gasteiger charge is -2.14. The molecule has 0 radical (unpaired) electrons. The Morgan fingerprint density at radius 1 is 1.21 bits per heavy atom. The minimum Gasteiger partial charge on any atom is -0.344 e. The van der Waals surface area contributed by atoms with Gasteiger partial charge in [0.25, 0.3) is 5.91 Å². The molecule has 0 saturated heterocycles. The molecule has 1 atom stereocenters. The zero-order valence-corrected chi connectivity index (χ0v) is 14.2. The average molecular weight is 341 g/mol. The lowest BCUT2D eigenvalue weighted by molar-refractivity contribution is 0.0935. The molecule has 1 aromatic carbocycles. The van der Waals surface area contributed by atoms with Crippen LogP contribution in [0.3, 0.4) is 0 Å². The van der Waals surface area contributed by atoms with Gasteiger partial charge in [-0.3, -0.25) is 14.5 Å². The van der Waals surface area contributed by atoms with Crippen LogP contribution >= 0.6 is 11.6 Å². The van der Waals surface area contributed by atoms with Crippen molar-refractivity contribution in [3.05, 3.63) is 71.3 Å². The highest BCUT2D eigenvalue weighted by Crippen LogP contribution is 2.20. The Hall–Kier alpha value is -2.66. The summed E-state index contributed by atoms with van der Waals surface area (Å²) >= 11 is 5.89. The van der Waals surface area contributed by atoms with E-state index in [1.807, 2.05) is 38.4 Å². The lowest BCUT2D eigenvalue weighted by atomic mass is 10.1. The fraction of sp³-hybridized carbons (Fsp3) is 0.167. The third-order valence-electron chi connectivity index (χ3n) is 3.75. The summed E-state index contributed by atoms with van der Waals surface area (Å²) in [5.74, 6) is -0.219. The van der Waals surface area contributed by atoms with Gasteiger partial charge >= 0.3 is 0 Å². The van der Waals surface area contributed by atoms with E-state index in [1.54, 1.807) is 35.3 Å². The summed E-state index contributed by atoms with van der Waals surface area (Å²) in [5.41, 5.74) is 3.20. The maximum absolute atomic E-state index is 12.5. The minimum atomic E-state index is -0.219. The van der Waals surface area contributed by atoms with Crippen LogP contribution in [-0.2, 0) is 7.05 Å². The first-order valence-electron chi connectivity index (χ1n) is 7.54. The molecule has 0 aliphatic carbocycles. The van der Waals surface area contributed by atoms with Crippen molar-refractivity contribution in [2.45, 2.75) is 13.0 Å². The lowest BCUT2D eigenvalue weighted by Crippen LogP contribution is -2.27. The second kappa shape index (κ2) is 6.84. The summed E-state index contributed by atoms with van der Waals surface area (Å²) in [6.45, 7) is 1.92. The number of pyridine rings is 1. The molecule has 2 aromatic heterocycles. The minimum absolute atomic E-state index is 0.140. The molecule has 0 aliphatic heterocycles. The van der Waals surface area contributed by atoms with Crippen molar-refractivity contribution < 1.29 is 4.79 Å². The van der Waals surface area contributed by atoms with Crippen LogP contribution in [0.2, 0.25) is 5.02 Å². The van der Waals surface area contributed by atoms with Crippen molar-refractivity contribution in [1.82, 2.24) is 20.1 Å². The summed E-state index contributed by atoms with van der Waals surface area (Å²) in [4.78, 5) is 16.6. The molecular formula is C18H17ClN4O. The number of nitrogens with one attached hydrogen (secondary N) is 1. The van der Waals surface area contributed by atoms with E-state index in [4.69, 9.17) is 11.6 Å². The predicted octanol–water partition coefficient (Wildman–Crippen LogP) is 3.63. The largest absolute Gasteiger partial charge is 0.344 e. The molecule has 3 rings (SSSR count). The molecular weight excluding hydrogens is 324 g/mol. The molecule has 0 fully saturated rings. The number of amides is 1. The van der Waals surface area contributed by atoms with Crippen LogP contribution in [0.1, 0.15) is 29.0 Å². The van der Waals surface area contributed by atoms with Gasteiger partial charge in [-0.2, -0.15) is 5.10 Å². The van der Waals surface area contributed by atoms with Gasteiger partial charge in [-0.15, -0.1) is 0 Å². The molecule has 24 heavy (non-hydrogen) atoms. The molecule has 2 heterocycles. The van der Waals surface area contributed by atoms with Crippen molar-refractivity contribution >= 4 is 17.5 Å². The molecule has 0 saturated carbocycles. The van der Waals surface area contributed by atoms with E-state index in [2.05, 4.69) is 15.4 Å². The third kappa shape index (κ3) is 3.63. The van der Waals surface area contributed by atoms with Crippen LogP contribution in [-0.4, -0.2) is 20.7 Å². The number of hydrogen-bond donors (Lipinski definition) is 1. The first kappa shape index (κ1) is 16.2. The first-order valence-corrected chi connectivity index (χ1v) is 7.92. The van der Waals surface area contributed by atoms with E-state index in [1.165, 1.54) is 0 Å². The first-order chi connectivity index (χ1) is 11.5. The molecule has 5 nitrogen and oxygen atoms in total. The number of rotatable bonds is 4. The predicted molar refractivity (Wildman–Crippen MR) is 93.8 cm³/mol. The summed E-state index contributed by atoms with van der Waals surface area (Å²) < 4.78 is 1.72. The Labute approximate surface area is 145 Å². The van der Waals surface area contributed by atoms with Crippen molar-refractivity contribution in [3.8, 4) is 11.1 Å². The number of nitrogens with zero attached hydrogens (tertiary/aromatic N) is 3. The Morgan fingerprint density at radius 2 is 1.96 bits per heavy atom.